The summed E-state index contributed by atoms with van der Waals surface area (Å²) in [6.45, 7) is 1.96. The van der Waals surface area contributed by atoms with Crippen LogP contribution in [-0.2, 0) is 0 Å². The molecule has 6 nitrogen and oxygen atoms in total. The first-order chi connectivity index (χ1) is 10.6. The molecule has 3 aromatic rings. The fourth-order valence-electron chi connectivity index (χ4n) is 2.17. The van der Waals surface area contributed by atoms with Crippen molar-refractivity contribution in [1.82, 2.24) is 15.0 Å². The zero-order chi connectivity index (χ0) is 15.7. The molecule has 3 rings (SSSR count). The fourth-order valence-corrected chi connectivity index (χ4v) is 2.17. The van der Waals surface area contributed by atoms with Crippen LogP contribution < -0.4 is 0 Å². The highest BCUT2D eigenvalue weighted by Gasteiger charge is 2.21. The summed E-state index contributed by atoms with van der Waals surface area (Å²) in [5.74, 6) is -1.01. The van der Waals surface area contributed by atoms with Gasteiger partial charge in [0.2, 0.25) is 0 Å². The average molecular weight is 295 g/mol. The number of aryl methyl sites for hydroxylation is 1. The topological polar surface area (TPSA) is 88.2 Å². The fraction of sp³-hybridized carbons (Fsp3) is 0.0625. The van der Waals surface area contributed by atoms with E-state index in [0.717, 1.165) is 5.56 Å². The smallest absolute Gasteiger partial charge is 0.358 e. The molecule has 0 unspecified atom stereocenters. The maximum atomic E-state index is 11.4. The predicted molar refractivity (Wildman–Crippen MR) is 80.2 cm³/mol. The maximum absolute atomic E-state index is 11.4. The number of aromatic nitrogens is 3. The first-order valence-electron chi connectivity index (χ1n) is 6.61. The summed E-state index contributed by atoms with van der Waals surface area (Å²) in [6.07, 6.45) is 0. The van der Waals surface area contributed by atoms with Crippen molar-refractivity contribution in [3.05, 3.63) is 59.8 Å². The molecule has 0 fully saturated rings. The number of phenols is 1. The van der Waals surface area contributed by atoms with Crippen molar-refractivity contribution in [2.45, 2.75) is 6.92 Å². The lowest BCUT2D eigenvalue weighted by atomic mass is 10.1. The van der Waals surface area contributed by atoms with E-state index in [4.69, 9.17) is 0 Å². The number of carboxylic acids is 1. The van der Waals surface area contributed by atoms with Crippen molar-refractivity contribution in [3.63, 3.8) is 0 Å². The zero-order valence-electron chi connectivity index (χ0n) is 11.8. The molecule has 0 saturated heterocycles. The second-order valence-corrected chi connectivity index (χ2v) is 4.89. The van der Waals surface area contributed by atoms with E-state index in [1.165, 1.54) is 16.8 Å². The van der Waals surface area contributed by atoms with Crippen LogP contribution in [0.3, 0.4) is 0 Å². The van der Waals surface area contributed by atoms with E-state index in [2.05, 4.69) is 10.3 Å². The Balaban J connectivity index is 2.21. The largest absolute Gasteiger partial charge is 0.508 e. The molecule has 0 saturated carbocycles. The maximum Gasteiger partial charge on any atom is 0.358 e. The van der Waals surface area contributed by atoms with Gasteiger partial charge in [0.15, 0.2) is 5.69 Å². The molecular formula is C16H13N3O3. The van der Waals surface area contributed by atoms with Crippen LogP contribution in [0.2, 0.25) is 0 Å². The van der Waals surface area contributed by atoms with Crippen molar-refractivity contribution >= 4 is 5.97 Å². The molecule has 6 heteroatoms. The summed E-state index contributed by atoms with van der Waals surface area (Å²) >= 11 is 0. The molecule has 2 aromatic carbocycles. The van der Waals surface area contributed by atoms with E-state index in [1.54, 1.807) is 12.1 Å². The third kappa shape index (κ3) is 2.42. The van der Waals surface area contributed by atoms with Crippen LogP contribution in [0.15, 0.2) is 48.5 Å². The van der Waals surface area contributed by atoms with Crippen molar-refractivity contribution in [2.24, 2.45) is 0 Å². The van der Waals surface area contributed by atoms with Crippen molar-refractivity contribution < 1.29 is 15.0 Å². The van der Waals surface area contributed by atoms with Gasteiger partial charge in [0.1, 0.15) is 11.4 Å². The van der Waals surface area contributed by atoms with Gasteiger partial charge in [0.25, 0.3) is 0 Å². The Kier molecular flexibility index (Phi) is 3.34. The summed E-state index contributed by atoms with van der Waals surface area (Å²) in [4.78, 5) is 11.4. The molecule has 0 bridgehead atoms. The number of benzene rings is 2. The number of nitrogens with zero attached hydrogens (tertiary/aromatic N) is 3. The number of aromatic carboxylic acids is 1. The Morgan fingerprint density at radius 1 is 1.05 bits per heavy atom. The molecule has 0 aliphatic rings. The highest BCUT2D eigenvalue weighted by atomic mass is 16.4. The number of carbonyl (C=O) groups is 1. The van der Waals surface area contributed by atoms with Gasteiger partial charge in [-0.15, -0.1) is 5.10 Å². The first-order valence-corrected chi connectivity index (χ1v) is 6.61. The minimum absolute atomic E-state index is 0.114. The highest BCUT2D eigenvalue weighted by molar-refractivity contribution is 5.93. The van der Waals surface area contributed by atoms with Crippen molar-refractivity contribution in [1.29, 1.82) is 0 Å². The number of hydrogen-bond donors (Lipinski definition) is 2. The molecule has 0 aliphatic carbocycles. The van der Waals surface area contributed by atoms with Crippen LogP contribution in [0.1, 0.15) is 16.1 Å². The van der Waals surface area contributed by atoms with Gasteiger partial charge in [0, 0.05) is 5.56 Å². The van der Waals surface area contributed by atoms with Gasteiger partial charge in [-0.05, 0) is 31.2 Å². The lowest BCUT2D eigenvalue weighted by molar-refractivity contribution is 0.0691. The van der Waals surface area contributed by atoms with E-state index in [1.807, 2.05) is 31.2 Å². The van der Waals surface area contributed by atoms with Crippen LogP contribution >= 0.6 is 0 Å². The molecule has 2 N–H and O–H groups in total. The Hall–Kier alpha value is -3.15. The number of phenolic OH excluding ortho intramolecular Hbond substituents is 1. The van der Waals surface area contributed by atoms with Gasteiger partial charge in [0.05, 0.1) is 5.69 Å². The minimum Gasteiger partial charge on any atom is -0.508 e. The Bertz CT molecular complexity index is 821. The monoisotopic (exact) mass is 295 g/mol. The Labute approximate surface area is 126 Å². The summed E-state index contributed by atoms with van der Waals surface area (Å²) in [7, 11) is 0. The minimum atomic E-state index is -1.14. The zero-order valence-corrected chi connectivity index (χ0v) is 11.8. The summed E-state index contributed by atoms with van der Waals surface area (Å²) in [5.41, 5.74) is 2.69. The van der Waals surface area contributed by atoms with E-state index < -0.39 is 5.97 Å². The van der Waals surface area contributed by atoms with E-state index >= 15 is 0 Å². The summed E-state index contributed by atoms with van der Waals surface area (Å²) in [5, 5.41) is 26.4. The van der Waals surface area contributed by atoms with E-state index in [0.29, 0.717) is 16.9 Å². The van der Waals surface area contributed by atoms with Crippen LogP contribution in [0.4, 0.5) is 0 Å². The average Bonchev–Trinajstić information content (AvgIpc) is 2.94. The third-order valence-electron chi connectivity index (χ3n) is 3.29. The van der Waals surface area contributed by atoms with Gasteiger partial charge < -0.3 is 10.2 Å². The molecule has 0 radical (unpaired) electrons. The molecule has 22 heavy (non-hydrogen) atoms. The van der Waals surface area contributed by atoms with E-state index in [9.17, 15) is 15.0 Å². The van der Waals surface area contributed by atoms with Gasteiger partial charge in [-0.2, -0.15) is 0 Å². The number of aromatic hydroxyl groups is 1. The van der Waals surface area contributed by atoms with Crippen LogP contribution in [0.25, 0.3) is 16.9 Å². The predicted octanol–water partition coefficient (Wildman–Crippen LogP) is 2.65. The molecule has 0 amide bonds. The molecule has 1 aromatic heterocycles. The van der Waals surface area contributed by atoms with Gasteiger partial charge in [-0.1, -0.05) is 35.0 Å². The Morgan fingerprint density at radius 2 is 1.68 bits per heavy atom. The van der Waals surface area contributed by atoms with Gasteiger partial charge in [-0.3, -0.25) is 0 Å². The quantitative estimate of drug-likeness (QED) is 0.775. The van der Waals surface area contributed by atoms with Crippen molar-refractivity contribution in [3.8, 4) is 22.7 Å². The Morgan fingerprint density at radius 3 is 2.27 bits per heavy atom. The number of carboxylic acid groups (broad SMARTS) is 1. The first kappa shape index (κ1) is 13.8. The van der Waals surface area contributed by atoms with Crippen LogP contribution in [0, 0.1) is 6.92 Å². The molecular weight excluding hydrogens is 282 g/mol. The lowest BCUT2D eigenvalue weighted by Gasteiger charge is -2.08. The van der Waals surface area contributed by atoms with Gasteiger partial charge >= 0.3 is 5.97 Å². The molecule has 0 spiro atoms. The summed E-state index contributed by atoms with van der Waals surface area (Å²) in [6, 6.07) is 13.8. The molecule has 110 valence electrons. The number of rotatable bonds is 3. The van der Waals surface area contributed by atoms with Crippen molar-refractivity contribution in [2.75, 3.05) is 0 Å². The standard InChI is InChI=1S/C16H13N3O3/c1-10-2-4-11(5-3-10)15-14(16(21)22)17-18-19(15)12-6-8-13(20)9-7-12/h2-9,20H,1H3,(H,21,22). The highest BCUT2D eigenvalue weighted by Crippen LogP contribution is 2.26. The third-order valence-corrected chi connectivity index (χ3v) is 3.29. The SMILES string of the molecule is Cc1ccc(-c2c(C(=O)O)nnn2-c2ccc(O)cc2)cc1. The van der Waals surface area contributed by atoms with Gasteiger partial charge in [-0.25, -0.2) is 9.48 Å². The summed E-state index contributed by atoms with van der Waals surface area (Å²) < 4.78 is 1.45. The second kappa shape index (κ2) is 5.33. The lowest BCUT2D eigenvalue weighted by Crippen LogP contribution is -2.03. The second-order valence-electron chi connectivity index (χ2n) is 4.89. The molecule has 0 atom stereocenters. The normalized spacial score (nSPS) is 10.6. The van der Waals surface area contributed by atoms with E-state index in [-0.39, 0.29) is 11.4 Å². The molecule has 0 aliphatic heterocycles. The number of hydrogen-bond acceptors (Lipinski definition) is 4. The molecule has 1 heterocycles. The van der Waals surface area contributed by atoms with Crippen LogP contribution in [0.5, 0.6) is 5.75 Å². The van der Waals surface area contributed by atoms with Crippen LogP contribution in [-0.4, -0.2) is 31.2 Å².